The van der Waals surface area contributed by atoms with Gasteiger partial charge in [0.2, 0.25) is 0 Å². The van der Waals surface area contributed by atoms with Crippen LogP contribution >= 0.6 is 0 Å². The zero-order valence-electron chi connectivity index (χ0n) is 9.19. The summed E-state index contributed by atoms with van der Waals surface area (Å²) in [5, 5.41) is 0. The summed E-state index contributed by atoms with van der Waals surface area (Å²) in [6.45, 7) is 2.86. The summed E-state index contributed by atoms with van der Waals surface area (Å²) >= 11 is 0. The van der Waals surface area contributed by atoms with Crippen LogP contribution in [0, 0.1) is 0 Å². The van der Waals surface area contributed by atoms with Gasteiger partial charge in [0.1, 0.15) is 6.10 Å². The number of ether oxygens (including phenoxy) is 2. The maximum absolute atomic E-state index is 5.63. The molecule has 1 aliphatic rings. The third-order valence-electron chi connectivity index (χ3n) is 2.64. The molecule has 0 bridgehead atoms. The Hall–Kier alpha value is -0.860. The third kappa shape index (κ3) is 3.33. The molecule has 1 aromatic rings. The van der Waals surface area contributed by atoms with Gasteiger partial charge in [0.25, 0.3) is 0 Å². The minimum atomic E-state index is 0.0526. The lowest BCUT2D eigenvalue weighted by atomic mass is 10.2. The van der Waals surface area contributed by atoms with Crippen molar-refractivity contribution in [2.45, 2.75) is 45.2 Å². The number of benzene rings is 1. The van der Waals surface area contributed by atoms with Gasteiger partial charge in [-0.1, -0.05) is 50.1 Å². The van der Waals surface area contributed by atoms with E-state index in [4.69, 9.17) is 9.47 Å². The molecule has 2 heteroatoms. The Labute approximate surface area is 91.2 Å². The minimum Gasteiger partial charge on any atom is -0.345 e. The van der Waals surface area contributed by atoms with Gasteiger partial charge in [-0.25, -0.2) is 0 Å². The van der Waals surface area contributed by atoms with E-state index < -0.39 is 0 Å². The maximum atomic E-state index is 5.63. The zero-order valence-corrected chi connectivity index (χ0v) is 9.19. The van der Waals surface area contributed by atoms with Gasteiger partial charge < -0.3 is 9.47 Å². The second kappa shape index (κ2) is 5.29. The van der Waals surface area contributed by atoms with Crippen molar-refractivity contribution in [1.29, 1.82) is 0 Å². The summed E-state index contributed by atoms with van der Waals surface area (Å²) in [5.74, 6) is 0. The van der Waals surface area contributed by atoms with E-state index in [-0.39, 0.29) is 6.29 Å². The molecule has 0 spiro atoms. The first-order valence-electron chi connectivity index (χ1n) is 5.71. The summed E-state index contributed by atoms with van der Waals surface area (Å²) in [6.07, 6.45) is 4.00. The molecule has 0 radical (unpaired) electrons. The van der Waals surface area contributed by atoms with Gasteiger partial charge in [-0.3, -0.25) is 0 Å². The van der Waals surface area contributed by atoms with Crippen molar-refractivity contribution in [3.8, 4) is 0 Å². The first-order chi connectivity index (χ1) is 7.40. The van der Waals surface area contributed by atoms with Crippen molar-refractivity contribution < 1.29 is 9.47 Å². The molecule has 1 saturated heterocycles. The number of rotatable bonds is 6. The van der Waals surface area contributed by atoms with Crippen molar-refractivity contribution in [1.82, 2.24) is 0 Å². The summed E-state index contributed by atoms with van der Waals surface area (Å²) < 4.78 is 11.0. The van der Waals surface area contributed by atoms with Crippen molar-refractivity contribution in [2.24, 2.45) is 0 Å². The molecule has 0 aliphatic carbocycles. The predicted molar refractivity (Wildman–Crippen MR) is 59.4 cm³/mol. The Balaban J connectivity index is 1.64. The quantitative estimate of drug-likeness (QED) is 0.667. The van der Waals surface area contributed by atoms with Crippen LogP contribution in [0.5, 0.6) is 0 Å². The van der Waals surface area contributed by atoms with Crippen LogP contribution in [0.1, 0.15) is 31.7 Å². The molecule has 1 fully saturated rings. The van der Waals surface area contributed by atoms with Gasteiger partial charge in [-0.05, 0) is 12.0 Å². The van der Waals surface area contributed by atoms with Crippen molar-refractivity contribution >= 4 is 0 Å². The molecular weight excluding hydrogens is 188 g/mol. The van der Waals surface area contributed by atoms with E-state index in [9.17, 15) is 0 Å². The largest absolute Gasteiger partial charge is 0.345 e. The number of epoxide rings is 1. The minimum absolute atomic E-state index is 0.0526. The molecule has 2 rings (SSSR count). The second-order valence-electron chi connectivity index (χ2n) is 3.98. The van der Waals surface area contributed by atoms with E-state index in [1.54, 1.807) is 0 Å². The average molecular weight is 206 g/mol. The fraction of sp³-hybridized carbons (Fsp3) is 0.538. The van der Waals surface area contributed by atoms with E-state index in [2.05, 4.69) is 19.1 Å². The molecule has 2 nitrogen and oxygen atoms in total. The zero-order chi connectivity index (χ0) is 10.5. The van der Waals surface area contributed by atoms with Crippen LogP contribution in [0.2, 0.25) is 0 Å². The topological polar surface area (TPSA) is 21.8 Å². The summed E-state index contributed by atoms with van der Waals surface area (Å²) in [4.78, 5) is 0. The molecule has 0 saturated carbocycles. The first-order valence-corrected chi connectivity index (χ1v) is 5.71. The van der Waals surface area contributed by atoms with E-state index in [1.807, 2.05) is 18.2 Å². The van der Waals surface area contributed by atoms with Gasteiger partial charge in [0.05, 0.1) is 6.61 Å². The van der Waals surface area contributed by atoms with Gasteiger partial charge in [0.15, 0.2) is 6.29 Å². The van der Waals surface area contributed by atoms with E-state index >= 15 is 0 Å². The van der Waals surface area contributed by atoms with Crippen LogP contribution in [0.3, 0.4) is 0 Å². The van der Waals surface area contributed by atoms with Crippen LogP contribution in [0.25, 0.3) is 0 Å². The molecular formula is C13H18O2. The smallest absolute Gasteiger partial charge is 0.184 e. The standard InChI is InChI=1S/C13H18O2/c1-2-3-9-12-13(15-12)14-10-11-7-5-4-6-8-11/h4-8,12-13H,2-3,9-10H2,1H3/t12-,13?/m1/s1. The van der Waals surface area contributed by atoms with Crippen LogP contribution in [0.4, 0.5) is 0 Å². The predicted octanol–water partition coefficient (Wildman–Crippen LogP) is 3.12. The molecule has 15 heavy (non-hydrogen) atoms. The SMILES string of the molecule is CCCC[C@H]1OC1OCc1ccccc1. The lowest BCUT2D eigenvalue weighted by molar-refractivity contribution is 0.0385. The van der Waals surface area contributed by atoms with Gasteiger partial charge in [-0.15, -0.1) is 0 Å². The first kappa shape index (κ1) is 10.7. The van der Waals surface area contributed by atoms with E-state index in [0.29, 0.717) is 12.7 Å². The van der Waals surface area contributed by atoms with Crippen LogP contribution in [-0.4, -0.2) is 12.4 Å². The highest BCUT2D eigenvalue weighted by Gasteiger charge is 2.38. The van der Waals surface area contributed by atoms with Crippen LogP contribution in [0.15, 0.2) is 30.3 Å². The molecule has 1 aromatic carbocycles. The molecule has 1 unspecified atom stereocenters. The van der Waals surface area contributed by atoms with Crippen LogP contribution < -0.4 is 0 Å². The monoisotopic (exact) mass is 206 g/mol. The number of hydrogen-bond acceptors (Lipinski definition) is 2. The lowest BCUT2D eigenvalue weighted by Crippen LogP contribution is -2.00. The average Bonchev–Trinajstić information content (AvgIpc) is 3.04. The number of hydrogen-bond donors (Lipinski definition) is 0. The Bertz CT molecular complexity index is 284. The highest BCUT2D eigenvalue weighted by molar-refractivity contribution is 5.13. The highest BCUT2D eigenvalue weighted by Crippen LogP contribution is 2.28. The molecule has 0 aromatic heterocycles. The fourth-order valence-corrected chi connectivity index (χ4v) is 1.64. The maximum Gasteiger partial charge on any atom is 0.184 e. The summed E-state index contributed by atoms with van der Waals surface area (Å²) in [7, 11) is 0. The molecule has 1 aliphatic heterocycles. The van der Waals surface area contributed by atoms with E-state index in [0.717, 1.165) is 6.42 Å². The van der Waals surface area contributed by atoms with Gasteiger partial charge in [0, 0.05) is 0 Å². The molecule has 82 valence electrons. The van der Waals surface area contributed by atoms with Crippen LogP contribution in [-0.2, 0) is 16.1 Å². The third-order valence-corrected chi connectivity index (χ3v) is 2.64. The Morgan fingerprint density at radius 2 is 2.07 bits per heavy atom. The molecule has 1 heterocycles. The molecule has 2 atom stereocenters. The normalized spacial score (nSPS) is 24.1. The Kier molecular flexibility index (Phi) is 3.75. The van der Waals surface area contributed by atoms with E-state index in [1.165, 1.54) is 18.4 Å². The Morgan fingerprint density at radius 3 is 2.80 bits per heavy atom. The molecule has 0 N–H and O–H groups in total. The summed E-state index contributed by atoms with van der Waals surface area (Å²) in [5.41, 5.74) is 1.21. The van der Waals surface area contributed by atoms with Gasteiger partial charge >= 0.3 is 0 Å². The van der Waals surface area contributed by atoms with Gasteiger partial charge in [-0.2, -0.15) is 0 Å². The fourth-order valence-electron chi connectivity index (χ4n) is 1.64. The van der Waals surface area contributed by atoms with Crippen molar-refractivity contribution in [2.75, 3.05) is 0 Å². The highest BCUT2D eigenvalue weighted by atomic mass is 16.8. The summed E-state index contributed by atoms with van der Waals surface area (Å²) in [6, 6.07) is 10.2. The van der Waals surface area contributed by atoms with Crippen molar-refractivity contribution in [3.63, 3.8) is 0 Å². The Morgan fingerprint density at radius 1 is 1.27 bits per heavy atom. The molecule has 0 amide bonds. The lowest BCUT2D eigenvalue weighted by Gasteiger charge is -2.00. The number of unbranched alkanes of at least 4 members (excludes halogenated alkanes) is 1. The second-order valence-corrected chi connectivity index (χ2v) is 3.98. The van der Waals surface area contributed by atoms with Crippen molar-refractivity contribution in [3.05, 3.63) is 35.9 Å².